The van der Waals surface area contributed by atoms with Crippen molar-refractivity contribution in [1.82, 2.24) is 5.32 Å². The van der Waals surface area contributed by atoms with E-state index in [0.29, 0.717) is 6.04 Å². The second-order valence-corrected chi connectivity index (χ2v) is 4.12. The molecule has 1 atom stereocenters. The highest BCUT2D eigenvalue weighted by molar-refractivity contribution is 5.30. The van der Waals surface area contributed by atoms with Crippen molar-refractivity contribution in [2.75, 3.05) is 0 Å². The Balaban J connectivity index is 2.62. The van der Waals surface area contributed by atoms with Crippen LogP contribution in [0.2, 0.25) is 0 Å². The Morgan fingerprint density at radius 3 is 2.64 bits per heavy atom. The van der Waals surface area contributed by atoms with Crippen molar-refractivity contribution in [3.05, 3.63) is 34.9 Å². The first-order chi connectivity index (χ1) is 6.63. The molecule has 1 aromatic carbocycles. The molecule has 0 spiro atoms. The van der Waals surface area contributed by atoms with Gasteiger partial charge in [0.25, 0.3) is 0 Å². The van der Waals surface area contributed by atoms with Crippen molar-refractivity contribution in [2.45, 2.75) is 46.7 Å². The van der Waals surface area contributed by atoms with Crippen LogP contribution in [-0.4, -0.2) is 6.04 Å². The third-order valence-corrected chi connectivity index (χ3v) is 2.76. The Kier molecular flexibility index (Phi) is 4.15. The molecule has 14 heavy (non-hydrogen) atoms. The van der Waals surface area contributed by atoms with Gasteiger partial charge in [0.1, 0.15) is 0 Å². The third-order valence-electron chi connectivity index (χ3n) is 2.76. The summed E-state index contributed by atoms with van der Waals surface area (Å²) >= 11 is 0. The lowest BCUT2D eigenvalue weighted by Gasteiger charge is -2.13. The lowest BCUT2D eigenvalue weighted by atomic mass is 10.1. The van der Waals surface area contributed by atoms with Crippen molar-refractivity contribution >= 4 is 0 Å². The Hall–Kier alpha value is -0.820. The van der Waals surface area contributed by atoms with Gasteiger partial charge in [0.2, 0.25) is 0 Å². The molecule has 0 fully saturated rings. The molecule has 1 aromatic rings. The fourth-order valence-corrected chi connectivity index (χ4v) is 1.42. The molecule has 1 unspecified atom stereocenters. The van der Waals surface area contributed by atoms with Gasteiger partial charge in [-0.25, -0.2) is 0 Å². The molecule has 0 radical (unpaired) electrons. The van der Waals surface area contributed by atoms with Gasteiger partial charge in [0, 0.05) is 12.6 Å². The van der Waals surface area contributed by atoms with Gasteiger partial charge in [0.15, 0.2) is 0 Å². The first-order valence-electron chi connectivity index (χ1n) is 5.43. The predicted octanol–water partition coefficient (Wildman–Crippen LogP) is 3.19. The van der Waals surface area contributed by atoms with E-state index in [9.17, 15) is 0 Å². The predicted molar refractivity (Wildman–Crippen MR) is 62.5 cm³/mol. The molecular weight excluding hydrogens is 170 g/mol. The van der Waals surface area contributed by atoms with Gasteiger partial charge in [-0.3, -0.25) is 0 Å². The van der Waals surface area contributed by atoms with Crippen LogP contribution in [0.25, 0.3) is 0 Å². The maximum absolute atomic E-state index is 3.52. The van der Waals surface area contributed by atoms with Gasteiger partial charge in [-0.1, -0.05) is 30.7 Å². The van der Waals surface area contributed by atoms with E-state index in [1.54, 1.807) is 0 Å². The Labute approximate surface area is 87.5 Å². The first-order valence-corrected chi connectivity index (χ1v) is 5.43. The zero-order chi connectivity index (χ0) is 10.6. The molecule has 1 heteroatoms. The van der Waals surface area contributed by atoms with Crippen LogP contribution in [0.3, 0.4) is 0 Å². The minimum atomic E-state index is 0.606. The van der Waals surface area contributed by atoms with E-state index in [2.05, 4.69) is 51.2 Å². The maximum Gasteiger partial charge on any atom is 0.0210 e. The Morgan fingerprint density at radius 1 is 1.29 bits per heavy atom. The number of nitrogens with one attached hydrogen (secondary N) is 1. The summed E-state index contributed by atoms with van der Waals surface area (Å²) in [6.45, 7) is 9.74. The molecule has 0 saturated heterocycles. The highest BCUT2D eigenvalue weighted by Gasteiger charge is 2.01. The summed E-state index contributed by atoms with van der Waals surface area (Å²) in [6.07, 6.45) is 1.19. The highest BCUT2D eigenvalue weighted by atomic mass is 14.9. The van der Waals surface area contributed by atoms with Gasteiger partial charge < -0.3 is 5.32 Å². The molecule has 0 aliphatic heterocycles. The molecule has 0 amide bonds. The van der Waals surface area contributed by atoms with Crippen molar-refractivity contribution in [3.63, 3.8) is 0 Å². The van der Waals surface area contributed by atoms with E-state index in [1.165, 1.54) is 23.1 Å². The maximum atomic E-state index is 3.52. The lowest BCUT2D eigenvalue weighted by molar-refractivity contribution is 0.533. The summed E-state index contributed by atoms with van der Waals surface area (Å²) < 4.78 is 0. The van der Waals surface area contributed by atoms with Crippen molar-refractivity contribution < 1.29 is 0 Å². The molecule has 0 aliphatic carbocycles. The average molecular weight is 191 g/mol. The van der Waals surface area contributed by atoms with Gasteiger partial charge >= 0.3 is 0 Å². The van der Waals surface area contributed by atoms with Crippen LogP contribution in [0.5, 0.6) is 0 Å². The van der Waals surface area contributed by atoms with E-state index in [1.807, 2.05) is 0 Å². The standard InChI is InChI=1S/C13H21N/c1-5-12(4)14-9-13-8-10(2)6-7-11(13)3/h6-8,12,14H,5,9H2,1-4H3. The van der Waals surface area contributed by atoms with Crippen molar-refractivity contribution in [2.24, 2.45) is 0 Å². The number of rotatable bonds is 4. The van der Waals surface area contributed by atoms with Crippen LogP contribution in [0.1, 0.15) is 37.0 Å². The van der Waals surface area contributed by atoms with Crippen LogP contribution in [0.4, 0.5) is 0 Å². The second-order valence-electron chi connectivity index (χ2n) is 4.12. The van der Waals surface area contributed by atoms with Crippen LogP contribution in [0.15, 0.2) is 18.2 Å². The minimum absolute atomic E-state index is 0.606. The monoisotopic (exact) mass is 191 g/mol. The summed E-state index contributed by atoms with van der Waals surface area (Å²) in [6, 6.07) is 7.24. The van der Waals surface area contributed by atoms with Crippen molar-refractivity contribution in [3.8, 4) is 0 Å². The van der Waals surface area contributed by atoms with E-state index in [0.717, 1.165) is 6.54 Å². The number of benzene rings is 1. The number of hydrogen-bond acceptors (Lipinski definition) is 1. The molecule has 0 saturated carbocycles. The number of hydrogen-bond donors (Lipinski definition) is 1. The van der Waals surface area contributed by atoms with E-state index in [-0.39, 0.29) is 0 Å². The van der Waals surface area contributed by atoms with Crippen LogP contribution in [0, 0.1) is 13.8 Å². The third kappa shape index (κ3) is 3.15. The zero-order valence-electron chi connectivity index (χ0n) is 9.72. The van der Waals surface area contributed by atoms with Crippen LogP contribution >= 0.6 is 0 Å². The fraction of sp³-hybridized carbons (Fsp3) is 0.538. The summed E-state index contributed by atoms with van der Waals surface area (Å²) in [4.78, 5) is 0. The topological polar surface area (TPSA) is 12.0 Å². The molecule has 0 bridgehead atoms. The molecule has 0 aromatic heterocycles. The molecule has 1 N–H and O–H groups in total. The fourth-order valence-electron chi connectivity index (χ4n) is 1.42. The highest BCUT2D eigenvalue weighted by Crippen LogP contribution is 2.10. The molecule has 78 valence electrons. The summed E-state index contributed by atoms with van der Waals surface area (Å²) in [5.41, 5.74) is 4.15. The van der Waals surface area contributed by atoms with Gasteiger partial charge in [-0.2, -0.15) is 0 Å². The summed E-state index contributed by atoms with van der Waals surface area (Å²) in [5, 5.41) is 3.52. The zero-order valence-corrected chi connectivity index (χ0v) is 9.72. The molecule has 0 aliphatic rings. The van der Waals surface area contributed by atoms with E-state index < -0.39 is 0 Å². The summed E-state index contributed by atoms with van der Waals surface area (Å²) in [7, 11) is 0. The van der Waals surface area contributed by atoms with Crippen molar-refractivity contribution in [1.29, 1.82) is 0 Å². The van der Waals surface area contributed by atoms with Crippen LogP contribution in [-0.2, 0) is 6.54 Å². The first kappa shape index (κ1) is 11.3. The van der Waals surface area contributed by atoms with Gasteiger partial charge in [-0.15, -0.1) is 0 Å². The average Bonchev–Trinajstić information content (AvgIpc) is 2.19. The number of aryl methyl sites for hydroxylation is 2. The largest absolute Gasteiger partial charge is 0.310 e. The van der Waals surface area contributed by atoms with Gasteiger partial charge in [0.05, 0.1) is 0 Å². The van der Waals surface area contributed by atoms with E-state index >= 15 is 0 Å². The molecule has 1 nitrogen and oxygen atoms in total. The quantitative estimate of drug-likeness (QED) is 0.770. The second kappa shape index (κ2) is 5.16. The van der Waals surface area contributed by atoms with Gasteiger partial charge in [-0.05, 0) is 38.3 Å². The molecule has 0 heterocycles. The smallest absolute Gasteiger partial charge is 0.0210 e. The van der Waals surface area contributed by atoms with Crippen LogP contribution < -0.4 is 5.32 Å². The summed E-state index contributed by atoms with van der Waals surface area (Å²) in [5.74, 6) is 0. The Bertz CT molecular complexity index is 291. The van der Waals surface area contributed by atoms with E-state index in [4.69, 9.17) is 0 Å². The molecular formula is C13H21N. The Morgan fingerprint density at radius 2 is 2.00 bits per heavy atom. The lowest BCUT2D eigenvalue weighted by Crippen LogP contribution is -2.24. The SMILES string of the molecule is CCC(C)NCc1cc(C)ccc1C. The minimum Gasteiger partial charge on any atom is -0.310 e. The normalized spacial score (nSPS) is 12.9. The molecule has 1 rings (SSSR count).